The summed E-state index contributed by atoms with van der Waals surface area (Å²) in [5.41, 5.74) is 1.14. The van der Waals surface area contributed by atoms with Gasteiger partial charge in [-0.2, -0.15) is 0 Å². The fourth-order valence-electron chi connectivity index (χ4n) is 0.963. The Bertz CT molecular complexity index is 241. The number of rotatable bonds is 3. The van der Waals surface area contributed by atoms with Crippen LogP contribution in [0.3, 0.4) is 0 Å². The second kappa shape index (κ2) is 4.54. The van der Waals surface area contributed by atoms with Crippen LogP contribution in [0.4, 0.5) is 0 Å². The van der Waals surface area contributed by atoms with Crippen molar-refractivity contribution >= 4 is 5.97 Å². The van der Waals surface area contributed by atoms with E-state index in [9.17, 15) is 4.79 Å². The van der Waals surface area contributed by atoms with Gasteiger partial charge in [-0.05, 0) is 12.0 Å². The van der Waals surface area contributed by atoms with Gasteiger partial charge in [0.1, 0.15) is 7.11 Å². The molecule has 0 bridgehead atoms. The number of aryl methyl sites for hydroxylation is 1. The van der Waals surface area contributed by atoms with Gasteiger partial charge in [0.05, 0.1) is 0 Å². The molecule has 0 amide bonds. The average molecular weight is 163 g/mol. The number of carbonyl (C=O) groups is 1. The maximum atomic E-state index is 10.7. The minimum absolute atomic E-state index is 0.265. The molecule has 0 saturated carbocycles. The molecule has 0 N–H and O–H groups in total. The Morgan fingerprint density at radius 1 is 1.33 bits per heavy atom. The van der Waals surface area contributed by atoms with Crippen LogP contribution in [-0.4, -0.2) is 5.97 Å². The molecule has 1 rings (SSSR count). The quantitative estimate of drug-likeness (QED) is 0.636. The largest absolute Gasteiger partial charge is 0.462 e. The Balaban J connectivity index is 2.38. The van der Waals surface area contributed by atoms with E-state index in [0.29, 0.717) is 6.42 Å². The highest BCUT2D eigenvalue weighted by molar-refractivity contribution is 5.69. The zero-order chi connectivity index (χ0) is 8.81. The summed E-state index contributed by atoms with van der Waals surface area (Å²) in [7, 11) is 3.05. The number of benzene rings is 1. The molecule has 1 aromatic carbocycles. The van der Waals surface area contributed by atoms with Gasteiger partial charge in [-0.3, -0.25) is 4.79 Å². The lowest BCUT2D eigenvalue weighted by Gasteiger charge is -1.98. The third-order valence-corrected chi connectivity index (χ3v) is 1.62. The van der Waals surface area contributed by atoms with Crippen molar-refractivity contribution in [3.63, 3.8) is 0 Å². The molecule has 0 unspecified atom stereocenters. The zero-order valence-corrected chi connectivity index (χ0v) is 6.82. The summed E-state index contributed by atoms with van der Waals surface area (Å²) >= 11 is 0. The third-order valence-electron chi connectivity index (χ3n) is 1.62. The molecular weight excluding hydrogens is 152 g/mol. The van der Waals surface area contributed by atoms with Crippen molar-refractivity contribution in [2.24, 2.45) is 0 Å². The topological polar surface area (TPSA) is 26.3 Å². The Hall–Kier alpha value is -1.31. The lowest BCUT2D eigenvalue weighted by molar-refractivity contribution is -0.138. The monoisotopic (exact) mass is 163 g/mol. The highest BCUT2D eigenvalue weighted by Gasteiger charge is 1.99. The predicted octanol–water partition coefficient (Wildman–Crippen LogP) is 1.95. The van der Waals surface area contributed by atoms with Crippen molar-refractivity contribution in [3.8, 4) is 0 Å². The van der Waals surface area contributed by atoms with Crippen molar-refractivity contribution in [1.29, 1.82) is 0 Å². The van der Waals surface area contributed by atoms with Crippen LogP contribution in [0, 0.1) is 7.11 Å². The Labute approximate surface area is 72.2 Å². The van der Waals surface area contributed by atoms with E-state index in [1.54, 1.807) is 0 Å². The maximum absolute atomic E-state index is 10.7. The maximum Gasteiger partial charge on any atom is 0.306 e. The number of ether oxygens (including phenoxy) is 1. The molecule has 0 aliphatic carbocycles. The molecule has 0 heterocycles. The van der Waals surface area contributed by atoms with Crippen molar-refractivity contribution in [2.45, 2.75) is 12.8 Å². The van der Waals surface area contributed by atoms with Gasteiger partial charge in [-0.25, -0.2) is 0 Å². The Kier molecular flexibility index (Phi) is 3.33. The molecule has 0 aromatic heterocycles. The smallest absolute Gasteiger partial charge is 0.306 e. The first-order valence-electron chi connectivity index (χ1n) is 3.81. The highest BCUT2D eigenvalue weighted by Crippen LogP contribution is 2.02. The molecule has 2 nitrogen and oxygen atoms in total. The summed E-state index contributed by atoms with van der Waals surface area (Å²) in [4.78, 5) is 10.7. The minimum Gasteiger partial charge on any atom is -0.462 e. The van der Waals surface area contributed by atoms with Crippen LogP contribution in [0.5, 0.6) is 0 Å². The van der Waals surface area contributed by atoms with Gasteiger partial charge in [0.15, 0.2) is 0 Å². The van der Waals surface area contributed by atoms with E-state index in [2.05, 4.69) is 11.8 Å². The summed E-state index contributed by atoms with van der Waals surface area (Å²) in [5.74, 6) is -0.265. The fourth-order valence-corrected chi connectivity index (χ4v) is 0.963. The second-order valence-electron chi connectivity index (χ2n) is 2.50. The van der Waals surface area contributed by atoms with E-state index in [1.165, 1.54) is 0 Å². The molecule has 0 spiro atoms. The molecule has 12 heavy (non-hydrogen) atoms. The molecule has 2 heteroatoms. The van der Waals surface area contributed by atoms with E-state index in [-0.39, 0.29) is 5.97 Å². The molecule has 0 aliphatic heterocycles. The summed E-state index contributed by atoms with van der Waals surface area (Å²) < 4.78 is 4.28. The molecule has 1 aromatic rings. The lowest BCUT2D eigenvalue weighted by Crippen LogP contribution is -2.00. The minimum atomic E-state index is -0.265. The second-order valence-corrected chi connectivity index (χ2v) is 2.50. The third kappa shape index (κ3) is 2.74. The summed E-state index contributed by atoms with van der Waals surface area (Å²) in [6, 6.07) is 9.81. The van der Waals surface area contributed by atoms with Crippen LogP contribution in [0.1, 0.15) is 12.0 Å². The SMILES string of the molecule is [CH2]OC(=O)CCc1ccccc1. The van der Waals surface area contributed by atoms with Crippen molar-refractivity contribution in [1.82, 2.24) is 0 Å². The summed E-state index contributed by atoms with van der Waals surface area (Å²) in [5, 5.41) is 0. The van der Waals surface area contributed by atoms with Crippen LogP contribution < -0.4 is 0 Å². The van der Waals surface area contributed by atoms with Crippen molar-refractivity contribution in [3.05, 3.63) is 43.0 Å². The standard InChI is InChI=1S/C10H11O2/c1-12-10(11)8-7-9-5-3-2-4-6-9/h2-6H,1,7-8H2. The lowest BCUT2D eigenvalue weighted by atomic mass is 10.1. The van der Waals surface area contributed by atoms with E-state index < -0.39 is 0 Å². The van der Waals surface area contributed by atoms with Crippen LogP contribution in [0.25, 0.3) is 0 Å². The van der Waals surface area contributed by atoms with Gasteiger partial charge >= 0.3 is 5.97 Å². The van der Waals surface area contributed by atoms with Crippen molar-refractivity contribution < 1.29 is 9.53 Å². The molecule has 0 aliphatic rings. The first-order valence-corrected chi connectivity index (χ1v) is 3.81. The molecular formula is C10H11O2. The Morgan fingerprint density at radius 3 is 2.58 bits per heavy atom. The number of esters is 1. The number of hydrogen-bond acceptors (Lipinski definition) is 2. The van der Waals surface area contributed by atoms with Crippen LogP contribution in [0.15, 0.2) is 30.3 Å². The van der Waals surface area contributed by atoms with Gasteiger partial charge in [-0.1, -0.05) is 30.3 Å². The van der Waals surface area contributed by atoms with E-state index in [4.69, 9.17) is 0 Å². The molecule has 63 valence electrons. The molecule has 1 radical (unpaired) electrons. The molecule has 0 fully saturated rings. The fraction of sp³-hybridized carbons (Fsp3) is 0.200. The van der Waals surface area contributed by atoms with Gasteiger partial charge in [0.2, 0.25) is 0 Å². The van der Waals surface area contributed by atoms with Gasteiger partial charge in [0.25, 0.3) is 0 Å². The first kappa shape index (κ1) is 8.78. The predicted molar refractivity (Wildman–Crippen MR) is 46.2 cm³/mol. The number of carbonyl (C=O) groups excluding carboxylic acids is 1. The van der Waals surface area contributed by atoms with Crippen LogP contribution in [-0.2, 0) is 16.0 Å². The Morgan fingerprint density at radius 2 is 2.00 bits per heavy atom. The van der Waals surface area contributed by atoms with E-state index in [1.807, 2.05) is 30.3 Å². The summed E-state index contributed by atoms with van der Waals surface area (Å²) in [6.45, 7) is 0. The van der Waals surface area contributed by atoms with Crippen LogP contribution in [0.2, 0.25) is 0 Å². The van der Waals surface area contributed by atoms with E-state index in [0.717, 1.165) is 12.0 Å². The van der Waals surface area contributed by atoms with Crippen LogP contribution >= 0.6 is 0 Å². The zero-order valence-electron chi connectivity index (χ0n) is 6.82. The van der Waals surface area contributed by atoms with Gasteiger partial charge in [0, 0.05) is 6.42 Å². The van der Waals surface area contributed by atoms with Crippen molar-refractivity contribution in [2.75, 3.05) is 0 Å². The first-order chi connectivity index (χ1) is 5.83. The van der Waals surface area contributed by atoms with Gasteiger partial charge in [-0.15, -0.1) is 0 Å². The normalized spacial score (nSPS) is 9.42. The molecule has 0 atom stereocenters. The molecule has 0 saturated heterocycles. The number of hydrogen-bond donors (Lipinski definition) is 0. The average Bonchev–Trinajstić information content (AvgIpc) is 2.16. The highest BCUT2D eigenvalue weighted by atomic mass is 16.5. The van der Waals surface area contributed by atoms with Gasteiger partial charge < -0.3 is 4.74 Å². The van der Waals surface area contributed by atoms with E-state index >= 15 is 0 Å². The summed E-state index contributed by atoms with van der Waals surface area (Å²) in [6.07, 6.45) is 1.11.